The number of carbonyl (C=O) groups excluding carboxylic acids is 1. The number of hydrogen-bond donors (Lipinski definition) is 2. The summed E-state index contributed by atoms with van der Waals surface area (Å²) in [5, 5.41) is 12.6. The van der Waals surface area contributed by atoms with Crippen LogP contribution in [0.1, 0.15) is 27.2 Å². The lowest BCUT2D eigenvalue weighted by Crippen LogP contribution is -2.50. The van der Waals surface area contributed by atoms with Crippen molar-refractivity contribution in [3.8, 4) is 0 Å². The van der Waals surface area contributed by atoms with Crippen molar-refractivity contribution in [3.63, 3.8) is 0 Å². The predicted molar refractivity (Wildman–Crippen MR) is 67.7 cm³/mol. The van der Waals surface area contributed by atoms with E-state index in [1.54, 1.807) is 25.6 Å². The second-order valence-corrected chi connectivity index (χ2v) is 5.27. The molecular formula is C11H23NO3S. The Morgan fingerprint density at radius 1 is 1.50 bits per heavy atom. The Morgan fingerprint density at radius 3 is 2.44 bits per heavy atom. The molecule has 0 aliphatic carbocycles. The number of nitrogens with one attached hydrogen (secondary N) is 1. The maximum absolute atomic E-state index is 11.8. The average Bonchev–Trinajstić information content (AvgIpc) is 2.24. The van der Waals surface area contributed by atoms with Crippen LogP contribution in [0.25, 0.3) is 0 Å². The van der Waals surface area contributed by atoms with Crippen molar-refractivity contribution in [3.05, 3.63) is 0 Å². The fraction of sp³-hybridized carbons (Fsp3) is 0.909. The fourth-order valence-electron chi connectivity index (χ4n) is 1.22. The fourth-order valence-corrected chi connectivity index (χ4v) is 1.94. The average molecular weight is 249 g/mol. The van der Waals surface area contributed by atoms with Gasteiger partial charge in [0.25, 0.3) is 5.91 Å². The lowest BCUT2D eigenvalue weighted by atomic mass is 10.0. The molecule has 0 aromatic carbocycles. The monoisotopic (exact) mass is 249 g/mol. The SMILES string of the molecule is CCC(C)(OC)C(=O)NCC(C)(O)CSC. The van der Waals surface area contributed by atoms with Gasteiger partial charge in [-0.25, -0.2) is 0 Å². The van der Waals surface area contributed by atoms with Gasteiger partial charge < -0.3 is 15.2 Å². The molecule has 0 fully saturated rings. The normalized spacial score (nSPS) is 18.6. The molecule has 0 spiro atoms. The van der Waals surface area contributed by atoms with E-state index >= 15 is 0 Å². The van der Waals surface area contributed by atoms with E-state index in [2.05, 4.69) is 5.32 Å². The summed E-state index contributed by atoms with van der Waals surface area (Å²) >= 11 is 1.55. The lowest BCUT2D eigenvalue weighted by Gasteiger charge is -2.28. The molecule has 0 bridgehead atoms. The zero-order chi connectivity index (χ0) is 12.8. The quantitative estimate of drug-likeness (QED) is 0.707. The largest absolute Gasteiger partial charge is 0.387 e. The predicted octanol–water partition coefficient (Wildman–Crippen LogP) is 1.03. The Balaban J connectivity index is 4.26. The molecule has 16 heavy (non-hydrogen) atoms. The summed E-state index contributed by atoms with van der Waals surface area (Å²) in [6.45, 7) is 5.58. The Labute approximate surface area is 102 Å². The summed E-state index contributed by atoms with van der Waals surface area (Å²) < 4.78 is 5.18. The van der Waals surface area contributed by atoms with Crippen molar-refractivity contribution >= 4 is 17.7 Å². The summed E-state index contributed by atoms with van der Waals surface area (Å²) in [6, 6.07) is 0. The molecule has 2 atom stereocenters. The van der Waals surface area contributed by atoms with Crippen LogP contribution in [0, 0.1) is 0 Å². The summed E-state index contributed by atoms with van der Waals surface area (Å²) in [5.74, 6) is 0.405. The summed E-state index contributed by atoms with van der Waals surface area (Å²) in [5.41, 5.74) is -1.69. The molecule has 0 saturated heterocycles. The van der Waals surface area contributed by atoms with Crippen LogP contribution in [0.3, 0.4) is 0 Å². The van der Waals surface area contributed by atoms with E-state index in [0.717, 1.165) is 0 Å². The van der Waals surface area contributed by atoms with Crippen LogP contribution in [0.15, 0.2) is 0 Å². The van der Waals surface area contributed by atoms with Gasteiger partial charge in [-0.05, 0) is 26.5 Å². The summed E-state index contributed by atoms with van der Waals surface area (Å²) in [7, 11) is 1.52. The number of carbonyl (C=O) groups is 1. The second kappa shape index (κ2) is 6.47. The van der Waals surface area contributed by atoms with Gasteiger partial charge in [0.1, 0.15) is 5.60 Å². The van der Waals surface area contributed by atoms with E-state index in [-0.39, 0.29) is 12.5 Å². The number of thioether (sulfide) groups is 1. The smallest absolute Gasteiger partial charge is 0.252 e. The van der Waals surface area contributed by atoms with Gasteiger partial charge in [0, 0.05) is 19.4 Å². The number of hydrogen-bond acceptors (Lipinski definition) is 4. The minimum absolute atomic E-state index is 0.182. The van der Waals surface area contributed by atoms with Crippen molar-refractivity contribution in [2.75, 3.05) is 25.7 Å². The van der Waals surface area contributed by atoms with Gasteiger partial charge in [0.15, 0.2) is 0 Å². The molecule has 0 heterocycles. The Bertz CT molecular complexity index is 227. The van der Waals surface area contributed by atoms with Crippen molar-refractivity contribution in [1.29, 1.82) is 0 Å². The summed E-state index contributed by atoms with van der Waals surface area (Å²) in [4.78, 5) is 11.8. The van der Waals surface area contributed by atoms with Gasteiger partial charge in [-0.3, -0.25) is 4.79 Å². The standard InChI is InChI=1S/C11H23NO3S/c1-6-11(3,15-4)9(13)12-7-10(2,14)8-16-5/h14H,6-8H2,1-5H3,(H,12,13). The van der Waals surface area contributed by atoms with Crippen molar-refractivity contribution < 1.29 is 14.6 Å². The first-order chi connectivity index (χ1) is 7.31. The molecule has 0 aromatic heterocycles. The van der Waals surface area contributed by atoms with Gasteiger partial charge in [-0.1, -0.05) is 6.92 Å². The third kappa shape index (κ3) is 4.72. The molecule has 0 aromatic rings. The Morgan fingerprint density at radius 2 is 2.06 bits per heavy atom. The molecule has 0 aliphatic rings. The molecular weight excluding hydrogens is 226 g/mol. The molecule has 96 valence electrons. The highest BCUT2D eigenvalue weighted by Gasteiger charge is 2.32. The second-order valence-electron chi connectivity index (χ2n) is 4.40. The van der Waals surface area contributed by atoms with E-state index in [1.807, 2.05) is 13.2 Å². The molecule has 1 amide bonds. The number of amides is 1. The van der Waals surface area contributed by atoms with Crippen LogP contribution >= 0.6 is 11.8 Å². The maximum Gasteiger partial charge on any atom is 0.252 e. The number of aliphatic hydroxyl groups is 1. The molecule has 5 heteroatoms. The minimum atomic E-state index is -0.878. The number of methoxy groups -OCH3 is 1. The van der Waals surface area contributed by atoms with Crippen LogP contribution in [0.5, 0.6) is 0 Å². The van der Waals surface area contributed by atoms with Crippen molar-refractivity contribution in [2.45, 2.75) is 38.4 Å². The van der Waals surface area contributed by atoms with E-state index in [1.165, 1.54) is 7.11 Å². The van der Waals surface area contributed by atoms with Crippen LogP contribution in [-0.2, 0) is 9.53 Å². The van der Waals surface area contributed by atoms with Crippen LogP contribution < -0.4 is 5.32 Å². The Kier molecular flexibility index (Phi) is 6.36. The van der Waals surface area contributed by atoms with Crippen LogP contribution in [0.4, 0.5) is 0 Å². The molecule has 2 N–H and O–H groups in total. The zero-order valence-electron chi connectivity index (χ0n) is 10.8. The molecule has 0 aliphatic heterocycles. The zero-order valence-corrected chi connectivity index (χ0v) is 11.6. The molecule has 0 rings (SSSR count). The first-order valence-electron chi connectivity index (χ1n) is 5.36. The van der Waals surface area contributed by atoms with E-state index in [9.17, 15) is 9.90 Å². The van der Waals surface area contributed by atoms with Gasteiger partial charge >= 0.3 is 0 Å². The third-order valence-electron chi connectivity index (χ3n) is 2.69. The van der Waals surface area contributed by atoms with Gasteiger partial charge in [-0.15, -0.1) is 0 Å². The maximum atomic E-state index is 11.8. The van der Waals surface area contributed by atoms with E-state index in [4.69, 9.17) is 4.74 Å². The first kappa shape index (κ1) is 15.7. The third-order valence-corrected chi connectivity index (χ3v) is 3.60. The molecule has 0 saturated carbocycles. The van der Waals surface area contributed by atoms with E-state index in [0.29, 0.717) is 12.2 Å². The van der Waals surface area contributed by atoms with Crippen LogP contribution in [0.2, 0.25) is 0 Å². The van der Waals surface area contributed by atoms with E-state index < -0.39 is 11.2 Å². The van der Waals surface area contributed by atoms with Gasteiger partial charge in [0.05, 0.1) is 5.60 Å². The highest BCUT2D eigenvalue weighted by molar-refractivity contribution is 7.98. The highest BCUT2D eigenvalue weighted by atomic mass is 32.2. The van der Waals surface area contributed by atoms with Gasteiger partial charge in [0.2, 0.25) is 0 Å². The number of rotatable bonds is 7. The molecule has 0 radical (unpaired) electrons. The molecule has 2 unspecified atom stereocenters. The minimum Gasteiger partial charge on any atom is -0.387 e. The Hall–Kier alpha value is -0.260. The highest BCUT2D eigenvalue weighted by Crippen LogP contribution is 2.15. The van der Waals surface area contributed by atoms with Gasteiger partial charge in [-0.2, -0.15) is 11.8 Å². The van der Waals surface area contributed by atoms with Crippen molar-refractivity contribution in [2.24, 2.45) is 0 Å². The summed E-state index contributed by atoms with van der Waals surface area (Å²) in [6.07, 6.45) is 2.52. The first-order valence-corrected chi connectivity index (χ1v) is 6.75. The topological polar surface area (TPSA) is 58.6 Å². The number of ether oxygens (including phenoxy) is 1. The molecule has 4 nitrogen and oxygen atoms in total. The van der Waals surface area contributed by atoms with Crippen molar-refractivity contribution in [1.82, 2.24) is 5.32 Å². The lowest BCUT2D eigenvalue weighted by molar-refractivity contribution is -0.142. The van der Waals surface area contributed by atoms with Crippen LogP contribution in [-0.4, -0.2) is 47.9 Å².